The Hall–Kier alpha value is -2.10. The first kappa shape index (κ1) is 14.0. The van der Waals surface area contributed by atoms with Gasteiger partial charge in [-0.05, 0) is 37.5 Å². The lowest BCUT2D eigenvalue weighted by atomic mass is 10.1. The molecule has 0 atom stereocenters. The average molecular weight is 248 g/mol. The molecule has 0 aliphatic heterocycles. The highest BCUT2D eigenvalue weighted by molar-refractivity contribution is 5.87. The van der Waals surface area contributed by atoms with Crippen LogP contribution in [0.15, 0.2) is 36.4 Å². The molecule has 0 radical (unpaired) electrons. The van der Waals surface area contributed by atoms with Gasteiger partial charge in [0.05, 0.1) is 12.2 Å². The minimum Gasteiger partial charge on any atom is -0.478 e. The van der Waals surface area contributed by atoms with Gasteiger partial charge in [-0.2, -0.15) is 0 Å². The third kappa shape index (κ3) is 4.41. The number of carbonyl (C=O) groups excluding carboxylic acids is 1. The van der Waals surface area contributed by atoms with Crippen molar-refractivity contribution < 1.29 is 19.4 Å². The Labute approximate surface area is 106 Å². The lowest BCUT2D eigenvalue weighted by molar-refractivity contribution is -0.139. The van der Waals surface area contributed by atoms with Gasteiger partial charge in [-0.25, -0.2) is 9.59 Å². The molecule has 1 aromatic rings. The molecule has 1 aromatic carbocycles. The van der Waals surface area contributed by atoms with Gasteiger partial charge in [-0.3, -0.25) is 0 Å². The van der Waals surface area contributed by atoms with Crippen LogP contribution in [0.1, 0.15) is 29.3 Å². The molecule has 0 bridgehead atoms. The summed E-state index contributed by atoms with van der Waals surface area (Å²) in [5.41, 5.74) is 1.68. The normalized spacial score (nSPS) is 9.83. The van der Waals surface area contributed by atoms with Crippen molar-refractivity contribution in [2.75, 3.05) is 6.61 Å². The van der Waals surface area contributed by atoms with E-state index in [0.717, 1.165) is 12.0 Å². The molecule has 0 aromatic heterocycles. The average Bonchev–Trinajstić information content (AvgIpc) is 2.34. The Morgan fingerprint density at radius 1 is 1.28 bits per heavy atom. The van der Waals surface area contributed by atoms with Gasteiger partial charge in [0.25, 0.3) is 0 Å². The number of carboxylic acid groups (broad SMARTS) is 1. The molecule has 0 saturated carbocycles. The second-order valence-electron chi connectivity index (χ2n) is 4.02. The number of aryl methyl sites for hydroxylation is 1. The van der Waals surface area contributed by atoms with Crippen LogP contribution in [0.5, 0.6) is 0 Å². The fraction of sp³-hybridized carbons (Fsp3) is 0.286. The molecule has 4 nitrogen and oxygen atoms in total. The molecule has 1 rings (SSSR count). The molecule has 96 valence electrons. The molecule has 4 heteroatoms. The Morgan fingerprint density at radius 2 is 1.89 bits per heavy atom. The molecule has 0 fully saturated rings. The van der Waals surface area contributed by atoms with Gasteiger partial charge in [0.15, 0.2) is 0 Å². The van der Waals surface area contributed by atoms with Gasteiger partial charge in [-0.1, -0.05) is 18.7 Å². The summed E-state index contributed by atoms with van der Waals surface area (Å²) in [6, 6.07) is 6.67. The molecule has 0 amide bonds. The van der Waals surface area contributed by atoms with Crippen LogP contribution in [0.25, 0.3) is 0 Å². The third-order valence-corrected chi connectivity index (χ3v) is 2.39. The van der Waals surface area contributed by atoms with E-state index < -0.39 is 5.97 Å². The Bertz CT molecular complexity index is 445. The number of hydrogen-bond acceptors (Lipinski definition) is 3. The van der Waals surface area contributed by atoms with Crippen molar-refractivity contribution >= 4 is 11.9 Å². The van der Waals surface area contributed by atoms with E-state index in [9.17, 15) is 9.59 Å². The molecular weight excluding hydrogens is 232 g/mol. The van der Waals surface area contributed by atoms with E-state index in [1.54, 1.807) is 31.2 Å². The van der Waals surface area contributed by atoms with Gasteiger partial charge in [0.2, 0.25) is 0 Å². The van der Waals surface area contributed by atoms with Gasteiger partial charge in [0.1, 0.15) is 0 Å². The van der Waals surface area contributed by atoms with E-state index in [2.05, 4.69) is 6.58 Å². The van der Waals surface area contributed by atoms with Crippen LogP contribution in [0.4, 0.5) is 0 Å². The SMILES string of the molecule is C=C(C)C(=O)OCCCc1ccc(C(=O)O)cc1. The highest BCUT2D eigenvalue weighted by Crippen LogP contribution is 2.07. The first-order chi connectivity index (χ1) is 8.50. The van der Waals surface area contributed by atoms with E-state index in [1.807, 2.05) is 0 Å². The molecule has 0 heterocycles. The number of benzene rings is 1. The number of rotatable bonds is 6. The number of esters is 1. The Balaban J connectivity index is 2.34. The molecular formula is C14H16O4. The molecule has 0 saturated heterocycles. The smallest absolute Gasteiger partial charge is 0.335 e. The number of carbonyl (C=O) groups is 2. The molecule has 0 spiro atoms. The summed E-state index contributed by atoms with van der Waals surface area (Å²) >= 11 is 0. The highest BCUT2D eigenvalue weighted by atomic mass is 16.5. The first-order valence-electron chi connectivity index (χ1n) is 5.65. The molecule has 1 N–H and O–H groups in total. The molecule has 0 aliphatic rings. The maximum absolute atomic E-state index is 11.1. The summed E-state index contributed by atoms with van der Waals surface area (Å²) in [5.74, 6) is -1.31. The first-order valence-corrected chi connectivity index (χ1v) is 5.65. The largest absolute Gasteiger partial charge is 0.478 e. The lowest BCUT2D eigenvalue weighted by Gasteiger charge is -2.04. The summed E-state index contributed by atoms with van der Waals surface area (Å²) in [4.78, 5) is 21.7. The van der Waals surface area contributed by atoms with Crippen LogP contribution < -0.4 is 0 Å². The Kier molecular flexibility index (Phi) is 5.11. The number of ether oxygens (including phenoxy) is 1. The molecule has 18 heavy (non-hydrogen) atoms. The van der Waals surface area contributed by atoms with Crippen molar-refractivity contribution in [2.24, 2.45) is 0 Å². The maximum atomic E-state index is 11.1. The van der Waals surface area contributed by atoms with Crippen LogP contribution in [-0.2, 0) is 16.0 Å². The second-order valence-corrected chi connectivity index (χ2v) is 4.02. The summed E-state index contributed by atoms with van der Waals surface area (Å²) in [6.45, 7) is 5.43. The zero-order valence-corrected chi connectivity index (χ0v) is 10.3. The van der Waals surface area contributed by atoms with Crippen LogP contribution in [0.2, 0.25) is 0 Å². The predicted octanol–water partition coefficient (Wildman–Crippen LogP) is 2.44. The van der Waals surface area contributed by atoms with E-state index in [0.29, 0.717) is 18.6 Å². The Morgan fingerprint density at radius 3 is 2.39 bits per heavy atom. The van der Waals surface area contributed by atoms with Crippen molar-refractivity contribution in [3.63, 3.8) is 0 Å². The minimum atomic E-state index is -0.933. The standard InChI is InChI=1S/C14H16O4/c1-10(2)14(17)18-9-3-4-11-5-7-12(8-6-11)13(15)16/h5-8H,1,3-4,9H2,2H3,(H,15,16). The molecule has 0 aliphatic carbocycles. The fourth-order valence-electron chi connectivity index (χ4n) is 1.38. The van der Waals surface area contributed by atoms with Crippen molar-refractivity contribution in [1.82, 2.24) is 0 Å². The number of carboxylic acids is 1. The topological polar surface area (TPSA) is 63.6 Å². The van der Waals surface area contributed by atoms with E-state index in [4.69, 9.17) is 9.84 Å². The van der Waals surface area contributed by atoms with Crippen molar-refractivity contribution in [3.8, 4) is 0 Å². The van der Waals surface area contributed by atoms with Gasteiger partial charge >= 0.3 is 11.9 Å². The quantitative estimate of drug-likeness (QED) is 0.477. The molecule has 0 unspecified atom stereocenters. The predicted molar refractivity (Wildman–Crippen MR) is 67.5 cm³/mol. The number of hydrogen-bond donors (Lipinski definition) is 1. The van der Waals surface area contributed by atoms with E-state index >= 15 is 0 Å². The van der Waals surface area contributed by atoms with E-state index in [1.165, 1.54) is 0 Å². The van der Waals surface area contributed by atoms with Crippen LogP contribution >= 0.6 is 0 Å². The van der Waals surface area contributed by atoms with Gasteiger partial charge in [-0.15, -0.1) is 0 Å². The number of aromatic carboxylic acids is 1. The zero-order valence-electron chi connectivity index (χ0n) is 10.3. The summed E-state index contributed by atoms with van der Waals surface area (Å²) in [6.07, 6.45) is 1.44. The fourth-order valence-corrected chi connectivity index (χ4v) is 1.38. The summed E-state index contributed by atoms with van der Waals surface area (Å²) < 4.78 is 4.95. The summed E-state index contributed by atoms with van der Waals surface area (Å²) in [5, 5.41) is 8.74. The third-order valence-electron chi connectivity index (χ3n) is 2.39. The van der Waals surface area contributed by atoms with Crippen molar-refractivity contribution in [2.45, 2.75) is 19.8 Å². The summed E-state index contributed by atoms with van der Waals surface area (Å²) in [7, 11) is 0. The lowest BCUT2D eigenvalue weighted by Crippen LogP contribution is -2.06. The van der Waals surface area contributed by atoms with Crippen LogP contribution in [-0.4, -0.2) is 23.7 Å². The van der Waals surface area contributed by atoms with E-state index in [-0.39, 0.29) is 11.5 Å². The van der Waals surface area contributed by atoms with Crippen LogP contribution in [0, 0.1) is 0 Å². The monoisotopic (exact) mass is 248 g/mol. The second kappa shape index (κ2) is 6.59. The minimum absolute atomic E-state index is 0.271. The highest BCUT2D eigenvalue weighted by Gasteiger charge is 2.03. The van der Waals surface area contributed by atoms with Crippen molar-refractivity contribution in [3.05, 3.63) is 47.5 Å². The van der Waals surface area contributed by atoms with Crippen LogP contribution in [0.3, 0.4) is 0 Å². The zero-order chi connectivity index (χ0) is 13.5. The van der Waals surface area contributed by atoms with Gasteiger partial charge in [0, 0.05) is 5.57 Å². The maximum Gasteiger partial charge on any atom is 0.335 e. The van der Waals surface area contributed by atoms with Gasteiger partial charge < -0.3 is 9.84 Å². The van der Waals surface area contributed by atoms with Crippen molar-refractivity contribution in [1.29, 1.82) is 0 Å².